The number of halogens is 1. The molecule has 5 aromatic rings. The number of aliphatic imine (C=N–C) groups is 1. The van der Waals surface area contributed by atoms with Crippen molar-refractivity contribution < 1.29 is 14.1 Å². The fourth-order valence-corrected chi connectivity index (χ4v) is 6.17. The molecule has 0 bridgehead atoms. The molecule has 1 amide bonds. The predicted octanol–water partition coefficient (Wildman–Crippen LogP) is 6.51. The van der Waals surface area contributed by atoms with E-state index in [9.17, 15) is 14.9 Å². The molecule has 0 radical (unpaired) electrons. The van der Waals surface area contributed by atoms with Gasteiger partial charge in [-0.2, -0.15) is 5.26 Å². The molecule has 1 fully saturated rings. The van der Waals surface area contributed by atoms with Crippen molar-refractivity contribution in [1.29, 1.82) is 5.26 Å². The topological polar surface area (TPSA) is 103 Å². The summed E-state index contributed by atoms with van der Waals surface area (Å²) in [4.78, 5) is 34.8. The molecule has 1 atom stereocenters. The summed E-state index contributed by atoms with van der Waals surface area (Å²) in [6.07, 6.45) is 0.803. The molecule has 3 heterocycles. The number of carbonyl (C=O) groups excluding carboxylic acids is 2. The molecular formula is C34H26ClN5O3S. The van der Waals surface area contributed by atoms with E-state index in [-0.39, 0.29) is 19.0 Å². The molecule has 1 aliphatic heterocycles. The van der Waals surface area contributed by atoms with Crippen molar-refractivity contribution in [3.63, 3.8) is 0 Å². The van der Waals surface area contributed by atoms with Crippen molar-refractivity contribution >= 4 is 46.5 Å². The zero-order chi connectivity index (χ0) is 30.5. The van der Waals surface area contributed by atoms with Crippen molar-refractivity contribution in [3.05, 3.63) is 129 Å². The first-order valence-corrected chi connectivity index (χ1v) is 15.1. The van der Waals surface area contributed by atoms with E-state index in [1.807, 2.05) is 83.8 Å². The number of nitrogens with zero attached hydrogens (tertiary/aromatic N) is 5. The van der Waals surface area contributed by atoms with Crippen LogP contribution in [0.3, 0.4) is 0 Å². The van der Waals surface area contributed by atoms with Gasteiger partial charge in [-0.3, -0.25) is 9.69 Å². The Morgan fingerprint density at radius 3 is 2.39 bits per heavy atom. The van der Waals surface area contributed by atoms with Crippen molar-refractivity contribution in [3.8, 4) is 16.7 Å². The highest BCUT2D eigenvalue weighted by Gasteiger charge is 2.33. The number of nitriles is 1. The van der Waals surface area contributed by atoms with Crippen LogP contribution in [0.2, 0.25) is 4.34 Å². The maximum absolute atomic E-state index is 13.3. The average Bonchev–Trinajstić information content (AvgIpc) is 3.70. The summed E-state index contributed by atoms with van der Waals surface area (Å²) < 4.78 is 6.13. The highest BCUT2D eigenvalue weighted by molar-refractivity contribution is 7.19. The number of rotatable bonds is 9. The van der Waals surface area contributed by atoms with Gasteiger partial charge in [-0.05, 0) is 29.8 Å². The minimum absolute atomic E-state index is 0.130. The second kappa shape index (κ2) is 13.2. The van der Waals surface area contributed by atoms with E-state index in [0.29, 0.717) is 40.1 Å². The van der Waals surface area contributed by atoms with E-state index in [0.717, 1.165) is 33.6 Å². The van der Waals surface area contributed by atoms with Crippen LogP contribution in [0, 0.1) is 11.3 Å². The van der Waals surface area contributed by atoms with Crippen LogP contribution in [-0.2, 0) is 22.7 Å². The van der Waals surface area contributed by atoms with Gasteiger partial charge in [-0.15, -0.1) is 11.3 Å². The Morgan fingerprint density at radius 1 is 1.02 bits per heavy atom. The number of benzene rings is 3. The van der Waals surface area contributed by atoms with Gasteiger partial charge in [0.1, 0.15) is 18.4 Å². The van der Waals surface area contributed by atoms with E-state index in [1.165, 1.54) is 11.3 Å². The molecule has 3 aromatic carbocycles. The highest BCUT2D eigenvalue weighted by atomic mass is 35.5. The smallest absolute Gasteiger partial charge is 0.237 e. The van der Waals surface area contributed by atoms with E-state index < -0.39 is 6.04 Å². The lowest BCUT2D eigenvalue weighted by Gasteiger charge is -2.38. The average molecular weight is 620 g/mol. The van der Waals surface area contributed by atoms with E-state index in [1.54, 1.807) is 23.1 Å². The fraction of sp³-hybridized carbons (Fsp3) is 0.147. The zero-order valence-electron chi connectivity index (χ0n) is 23.5. The summed E-state index contributed by atoms with van der Waals surface area (Å²) >= 11 is 7.44. The SMILES string of the molecule is N#Cc1ccc(CN2C(=O)CN(Cc3cc(-c4ccc(Cl)s4)on3)C[C@@H]2C=O)cc1N=C(c1ccccc1)c1ccccc1. The maximum atomic E-state index is 13.3. The van der Waals surface area contributed by atoms with Gasteiger partial charge in [0, 0.05) is 36.8 Å². The first-order chi connectivity index (χ1) is 21.5. The summed E-state index contributed by atoms with van der Waals surface area (Å²) in [5.41, 5.74) is 4.91. The Labute approximate surface area is 263 Å². The molecule has 44 heavy (non-hydrogen) atoms. The van der Waals surface area contributed by atoms with Crippen LogP contribution in [0.25, 0.3) is 10.6 Å². The van der Waals surface area contributed by atoms with Crippen molar-refractivity contribution in [2.45, 2.75) is 19.1 Å². The van der Waals surface area contributed by atoms with Crippen LogP contribution < -0.4 is 0 Å². The number of carbonyl (C=O) groups is 2. The van der Waals surface area contributed by atoms with E-state index in [4.69, 9.17) is 21.1 Å². The molecule has 0 unspecified atom stereocenters. The Bertz CT molecular complexity index is 1820. The number of hydrogen-bond acceptors (Lipinski definition) is 8. The first-order valence-electron chi connectivity index (χ1n) is 13.9. The number of aromatic nitrogens is 1. The summed E-state index contributed by atoms with van der Waals surface area (Å²) in [5, 5.41) is 14.0. The number of thiophene rings is 1. The lowest BCUT2D eigenvalue weighted by atomic mass is 10.0. The molecule has 1 saturated heterocycles. The molecular weight excluding hydrogens is 594 g/mol. The van der Waals surface area contributed by atoms with Crippen LogP contribution >= 0.6 is 22.9 Å². The Balaban J connectivity index is 1.22. The lowest BCUT2D eigenvalue weighted by molar-refractivity contribution is -0.144. The highest BCUT2D eigenvalue weighted by Crippen LogP contribution is 2.32. The van der Waals surface area contributed by atoms with Gasteiger partial charge in [-0.25, -0.2) is 4.99 Å². The summed E-state index contributed by atoms with van der Waals surface area (Å²) in [6.45, 7) is 1.06. The molecule has 0 saturated carbocycles. The number of piperazine rings is 1. The zero-order valence-corrected chi connectivity index (χ0v) is 25.0. The normalized spacial score (nSPS) is 15.1. The standard InChI is InChI=1S/C34H26ClN5O3S/c35-32-14-13-31(44-32)30-16-27(38-43-30)19-39-20-28(22-41)40(33(42)21-39)18-23-11-12-26(17-36)29(15-23)37-34(24-7-3-1-4-8-24)25-9-5-2-6-10-25/h1-16,22,28H,18-21H2/t28-/m1/s1. The molecule has 218 valence electrons. The minimum Gasteiger partial charge on any atom is -0.355 e. The lowest BCUT2D eigenvalue weighted by Crippen LogP contribution is -2.56. The number of hydrogen-bond donors (Lipinski definition) is 0. The first kappa shape index (κ1) is 29.2. The van der Waals surface area contributed by atoms with Crippen LogP contribution in [0.4, 0.5) is 5.69 Å². The molecule has 6 rings (SSSR count). The van der Waals surface area contributed by atoms with Crippen LogP contribution in [-0.4, -0.2) is 52.0 Å². The minimum atomic E-state index is -0.648. The van der Waals surface area contributed by atoms with E-state index in [2.05, 4.69) is 11.2 Å². The molecule has 10 heteroatoms. The summed E-state index contributed by atoms with van der Waals surface area (Å²) in [5.74, 6) is 0.432. The van der Waals surface area contributed by atoms with Crippen molar-refractivity contribution in [2.75, 3.05) is 13.1 Å². The van der Waals surface area contributed by atoms with Crippen LogP contribution in [0.5, 0.6) is 0 Å². The summed E-state index contributed by atoms with van der Waals surface area (Å²) in [7, 11) is 0. The molecule has 0 aliphatic carbocycles. The predicted molar refractivity (Wildman–Crippen MR) is 170 cm³/mol. The van der Waals surface area contributed by atoms with Gasteiger partial charge >= 0.3 is 0 Å². The van der Waals surface area contributed by atoms with Crippen molar-refractivity contribution in [1.82, 2.24) is 15.0 Å². The van der Waals surface area contributed by atoms with Gasteiger partial charge in [0.25, 0.3) is 0 Å². The van der Waals surface area contributed by atoms with E-state index >= 15 is 0 Å². The third kappa shape index (κ3) is 6.53. The number of aldehydes is 1. The monoisotopic (exact) mass is 619 g/mol. The van der Waals surface area contributed by atoms with Gasteiger partial charge in [0.15, 0.2) is 5.76 Å². The Kier molecular flexibility index (Phi) is 8.75. The molecule has 0 spiro atoms. The fourth-order valence-electron chi connectivity index (χ4n) is 5.18. The van der Waals surface area contributed by atoms with Gasteiger partial charge < -0.3 is 14.2 Å². The largest absolute Gasteiger partial charge is 0.355 e. The van der Waals surface area contributed by atoms with Crippen LogP contribution in [0.15, 0.2) is 107 Å². The second-order valence-electron chi connectivity index (χ2n) is 10.3. The van der Waals surface area contributed by atoms with Gasteiger partial charge in [-0.1, -0.05) is 83.5 Å². The Hall–Kier alpha value is -4.88. The third-order valence-electron chi connectivity index (χ3n) is 7.30. The molecule has 2 aromatic heterocycles. The molecule has 8 nitrogen and oxygen atoms in total. The Morgan fingerprint density at radius 2 is 1.75 bits per heavy atom. The maximum Gasteiger partial charge on any atom is 0.237 e. The van der Waals surface area contributed by atoms with Gasteiger partial charge in [0.05, 0.1) is 38.4 Å². The van der Waals surface area contributed by atoms with Crippen LogP contribution in [0.1, 0.15) is 27.9 Å². The second-order valence-corrected chi connectivity index (χ2v) is 12.1. The number of amides is 1. The molecule has 1 aliphatic rings. The quantitative estimate of drug-likeness (QED) is 0.138. The van der Waals surface area contributed by atoms with Gasteiger partial charge in [0.2, 0.25) is 5.91 Å². The van der Waals surface area contributed by atoms with Crippen molar-refractivity contribution in [2.24, 2.45) is 4.99 Å². The third-order valence-corrected chi connectivity index (χ3v) is 8.55. The summed E-state index contributed by atoms with van der Waals surface area (Å²) in [6, 6.07) is 32.0. The molecule has 0 N–H and O–H groups in total.